The van der Waals surface area contributed by atoms with E-state index in [9.17, 15) is 19.2 Å². The largest absolute Gasteiger partial charge is 0.500 e. The maximum atomic E-state index is 11.9. The number of nitrogens with one attached hydrogen (secondary N) is 1. The molecule has 0 amide bonds. The van der Waals surface area contributed by atoms with Gasteiger partial charge in [0.05, 0.1) is 32.8 Å². The van der Waals surface area contributed by atoms with Crippen LogP contribution in [0.3, 0.4) is 0 Å². The fourth-order valence-corrected chi connectivity index (χ4v) is 6.87. The van der Waals surface area contributed by atoms with Gasteiger partial charge in [0.2, 0.25) is 0 Å². The van der Waals surface area contributed by atoms with Gasteiger partial charge < -0.3 is 56.6 Å². The van der Waals surface area contributed by atoms with Crippen LogP contribution in [0.5, 0.6) is 0 Å². The van der Waals surface area contributed by atoms with E-state index in [1.165, 1.54) is 0 Å². The normalized spacial score (nSPS) is 11.8. The molecule has 0 saturated carbocycles. The molecule has 0 saturated heterocycles. The van der Waals surface area contributed by atoms with E-state index < -0.39 is 47.5 Å². The fraction of sp³-hybridized carbons (Fsp3) is 0.786. The van der Waals surface area contributed by atoms with Crippen molar-refractivity contribution in [3.05, 3.63) is 12.2 Å². The van der Waals surface area contributed by atoms with E-state index >= 15 is 0 Å². The summed E-state index contributed by atoms with van der Waals surface area (Å²) < 4.78 is 50.4. The topological polar surface area (TPSA) is 199 Å². The highest BCUT2D eigenvalue weighted by Crippen LogP contribution is 2.15. The van der Waals surface area contributed by atoms with Crippen molar-refractivity contribution in [1.82, 2.24) is 5.32 Å². The molecule has 0 aromatic heterocycles. The smallest absolute Gasteiger partial charge is 0.466 e. The molecule has 18 heteroatoms. The minimum absolute atomic E-state index is 0.0614. The monoisotopic (exact) mass is 702 g/mol. The quantitative estimate of drug-likeness (QED) is 0.0511. The lowest BCUT2D eigenvalue weighted by molar-refractivity contribution is -0.152. The highest BCUT2D eigenvalue weighted by atomic mass is 28.4. The molecule has 1 atom stereocenters. The molecule has 1 unspecified atom stereocenters. The number of nitrogens with two attached hydrogens (primary N) is 1. The van der Waals surface area contributed by atoms with E-state index in [2.05, 4.69) is 14.8 Å². The Morgan fingerprint density at radius 2 is 1.02 bits per heavy atom. The Kier molecular flexibility index (Phi) is 32.8. The third-order valence-electron chi connectivity index (χ3n) is 5.78. The first-order valence-corrected chi connectivity index (χ1v) is 18.9. The van der Waals surface area contributed by atoms with Gasteiger partial charge in [-0.25, -0.2) is 9.59 Å². The van der Waals surface area contributed by atoms with E-state index in [-0.39, 0.29) is 19.6 Å². The van der Waals surface area contributed by atoms with Crippen LogP contribution >= 0.6 is 0 Å². The average Bonchev–Trinajstić information content (AvgIpc) is 3.06. The number of esters is 4. The summed E-state index contributed by atoms with van der Waals surface area (Å²) in [5.74, 6) is -1.97. The maximum Gasteiger partial charge on any atom is 0.500 e. The number of hydrogen-bond donors (Lipinski definition) is 2. The van der Waals surface area contributed by atoms with Crippen molar-refractivity contribution in [1.29, 1.82) is 0 Å². The molecule has 16 nitrogen and oxygen atoms in total. The van der Waals surface area contributed by atoms with Crippen molar-refractivity contribution < 1.29 is 64.7 Å². The molecule has 0 aliphatic rings. The molecule has 46 heavy (non-hydrogen) atoms. The van der Waals surface area contributed by atoms with Gasteiger partial charge in [0, 0.05) is 66.9 Å². The molecule has 0 aliphatic heterocycles. The third kappa shape index (κ3) is 24.0. The van der Waals surface area contributed by atoms with Crippen LogP contribution in [0.1, 0.15) is 47.0 Å². The zero-order chi connectivity index (χ0) is 35.9. The average molecular weight is 703 g/mol. The Labute approximate surface area is 276 Å². The highest BCUT2D eigenvalue weighted by molar-refractivity contribution is 6.60. The van der Waals surface area contributed by atoms with Crippen LogP contribution < -0.4 is 11.1 Å². The van der Waals surface area contributed by atoms with Crippen molar-refractivity contribution >= 4 is 41.5 Å². The van der Waals surface area contributed by atoms with Crippen molar-refractivity contribution in [3.8, 4) is 0 Å². The van der Waals surface area contributed by atoms with E-state index in [0.717, 1.165) is 24.6 Å². The Morgan fingerprint density at radius 1 is 0.630 bits per heavy atom. The standard InChI is InChI=1S/C14H29NO7Si.C8H12O4.C6H17NO3Si/c1-6-21-13(16)11-12(14(17)22-7-2)15-9-8-10-23(18-3,19-4)20-5;1-3-11-7(9)5-6-8(10)12-4-2;1-8-11(9-2,10-3)6-4-5-7/h12,15H,6-11H2,1-5H3;5-6H,3-4H2,1-2H3;4-7H2,1-3H3/b;6-5-;. The molecule has 0 rings (SSSR count). The second kappa shape index (κ2) is 31.3. The highest BCUT2D eigenvalue weighted by Gasteiger charge is 2.37. The van der Waals surface area contributed by atoms with E-state index in [0.29, 0.717) is 38.8 Å². The molecular formula is C28H58N2O14Si2. The van der Waals surface area contributed by atoms with Gasteiger partial charge in [-0.15, -0.1) is 0 Å². The van der Waals surface area contributed by atoms with E-state index in [1.54, 1.807) is 70.4 Å². The molecule has 0 spiro atoms. The minimum Gasteiger partial charge on any atom is -0.466 e. The van der Waals surface area contributed by atoms with Crippen molar-refractivity contribution in [3.63, 3.8) is 0 Å². The first-order valence-electron chi connectivity index (χ1n) is 15.0. The zero-order valence-electron chi connectivity index (χ0n) is 29.3. The summed E-state index contributed by atoms with van der Waals surface area (Å²) >= 11 is 0. The van der Waals surface area contributed by atoms with Crippen LogP contribution in [0, 0.1) is 0 Å². The van der Waals surface area contributed by atoms with Crippen LogP contribution in [0.2, 0.25) is 12.1 Å². The maximum absolute atomic E-state index is 11.9. The van der Waals surface area contributed by atoms with Gasteiger partial charge in [-0.05, 0) is 53.6 Å². The summed E-state index contributed by atoms with van der Waals surface area (Å²) in [6.45, 7) is 9.08. The SMILES string of the molecule is CCOC(=O)/C=C\C(=O)OCC.CCOC(=O)CC(NCCC[Si](OC)(OC)OC)C(=O)OCC.CO[Si](CCCN)(OC)OC. The van der Waals surface area contributed by atoms with Gasteiger partial charge in [0.25, 0.3) is 0 Å². The number of rotatable bonds is 23. The van der Waals surface area contributed by atoms with Gasteiger partial charge in [-0.2, -0.15) is 0 Å². The molecule has 0 aromatic carbocycles. The zero-order valence-corrected chi connectivity index (χ0v) is 31.3. The summed E-state index contributed by atoms with van der Waals surface area (Å²) in [6, 6.07) is 0.656. The number of carbonyl (C=O) groups excluding carboxylic acids is 4. The van der Waals surface area contributed by atoms with Crippen molar-refractivity contribution in [2.75, 3.05) is 82.2 Å². The predicted molar refractivity (Wildman–Crippen MR) is 174 cm³/mol. The van der Waals surface area contributed by atoms with Gasteiger partial charge in [0.1, 0.15) is 6.04 Å². The van der Waals surface area contributed by atoms with Crippen molar-refractivity contribution in [2.24, 2.45) is 5.73 Å². The lowest BCUT2D eigenvalue weighted by Crippen LogP contribution is -2.44. The number of hydrogen-bond acceptors (Lipinski definition) is 16. The summed E-state index contributed by atoms with van der Waals surface area (Å²) in [5.41, 5.74) is 5.36. The van der Waals surface area contributed by atoms with Gasteiger partial charge in [-0.3, -0.25) is 9.59 Å². The number of carbonyl (C=O) groups is 4. The molecule has 0 radical (unpaired) electrons. The van der Waals surface area contributed by atoms with Gasteiger partial charge in [0.15, 0.2) is 0 Å². The first-order chi connectivity index (χ1) is 21.9. The van der Waals surface area contributed by atoms with Crippen LogP contribution in [0.15, 0.2) is 12.2 Å². The Morgan fingerprint density at radius 3 is 1.37 bits per heavy atom. The molecule has 0 aliphatic carbocycles. The minimum atomic E-state index is -2.62. The van der Waals surface area contributed by atoms with Crippen LogP contribution in [-0.4, -0.2) is 130 Å². The first kappa shape index (κ1) is 48.1. The summed E-state index contributed by atoms with van der Waals surface area (Å²) in [7, 11) is 4.53. The second-order valence-corrected chi connectivity index (χ2v) is 14.9. The lowest BCUT2D eigenvalue weighted by Gasteiger charge is -2.24. The summed E-state index contributed by atoms with van der Waals surface area (Å²) in [4.78, 5) is 44.7. The second-order valence-electron chi connectivity index (χ2n) is 8.69. The Bertz CT molecular complexity index is 792. The third-order valence-corrected chi connectivity index (χ3v) is 11.4. The fourth-order valence-electron chi connectivity index (χ4n) is 3.40. The van der Waals surface area contributed by atoms with E-state index in [1.807, 2.05) is 0 Å². The lowest BCUT2D eigenvalue weighted by atomic mass is 10.2. The summed E-state index contributed by atoms with van der Waals surface area (Å²) in [5, 5.41) is 3.02. The molecule has 3 N–H and O–H groups in total. The molecule has 0 bridgehead atoms. The number of ether oxygens (including phenoxy) is 4. The van der Waals surface area contributed by atoms with Crippen LogP contribution in [-0.2, 0) is 64.7 Å². The predicted octanol–water partition coefficient (Wildman–Crippen LogP) is 1.61. The Hall–Kier alpha value is -2.27. The Balaban J connectivity index is -0.000000673. The molecule has 0 fully saturated rings. The van der Waals surface area contributed by atoms with E-state index in [4.69, 9.17) is 41.8 Å². The van der Waals surface area contributed by atoms with Crippen molar-refractivity contribution in [2.45, 2.75) is 65.1 Å². The van der Waals surface area contributed by atoms with Crippen LogP contribution in [0.4, 0.5) is 0 Å². The molecule has 0 heterocycles. The molecule has 0 aromatic rings. The van der Waals surface area contributed by atoms with Gasteiger partial charge >= 0.3 is 41.5 Å². The molecular weight excluding hydrogens is 644 g/mol. The van der Waals surface area contributed by atoms with Gasteiger partial charge in [-0.1, -0.05) is 0 Å². The summed E-state index contributed by atoms with van der Waals surface area (Å²) in [6.07, 6.45) is 3.57. The molecule has 272 valence electrons. The van der Waals surface area contributed by atoms with Crippen LogP contribution in [0.25, 0.3) is 0 Å².